The van der Waals surface area contributed by atoms with Crippen LogP contribution >= 0.6 is 0 Å². The molecule has 120 valence electrons. The maximum atomic E-state index is 13.2. The van der Waals surface area contributed by atoms with Crippen molar-refractivity contribution < 1.29 is 9.53 Å². The molecule has 0 spiro atoms. The predicted molar refractivity (Wildman–Crippen MR) is 82.7 cm³/mol. The Morgan fingerprint density at radius 1 is 1.24 bits per heavy atom. The maximum Gasteiger partial charge on any atom is 0.228 e. The molecule has 0 aromatic heterocycles. The van der Waals surface area contributed by atoms with Crippen LogP contribution in [0.1, 0.15) is 45.4 Å². The summed E-state index contributed by atoms with van der Waals surface area (Å²) in [5.41, 5.74) is 6.05. The highest BCUT2D eigenvalue weighted by Gasteiger charge is 2.59. The van der Waals surface area contributed by atoms with Crippen molar-refractivity contribution in [3.63, 3.8) is 0 Å². The molecule has 2 unspecified atom stereocenters. The van der Waals surface area contributed by atoms with E-state index in [0.717, 1.165) is 31.1 Å². The van der Waals surface area contributed by atoms with Gasteiger partial charge in [-0.05, 0) is 55.8 Å². The number of methoxy groups -OCH3 is 1. The van der Waals surface area contributed by atoms with Gasteiger partial charge in [-0.1, -0.05) is 6.92 Å². The number of rotatable bonds is 6. The van der Waals surface area contributed by atoms with Crippen LogP contribution in [0, 0.1) is 22.7 Å². The van der Waals surface area contributed by atoms with Gasteiger partial charge in [-0.25, -0.2) is 0 Å². The fraction of sp³-hybridized carbons (Fsp3) is 0.941. The van der Waals surface area contributed by atoms with E-state index >= 15 is 0 Å². The quantitative estimate of drug-likeness (QED) is 0.815. The van der Waals surface area contributed by atoms with E-state index in [1.807, 2.05) is 4.90 Å². The van der Waals surface area contributed by atoms with Crippen molar-refractivity contribution >= 4 is 5.91 Å². The highest BCUT2D eigenvalue weighted by Crippen LogP contribution is 2.65. The summed E-state index contributed by atoms with van der Waals surface area (Å²) < 4.78 is 5.17. The van der Waals surface area contributed by atoms with Gasteiger partial charge in [0, 0.05) is 26.7 Å². The summed E-state index contributed by atoms with van der Waals surface area (Å²) in [6.07, 6.45) is 7.37. The number of nitrogens with zero attached hydrogens (tertiary/aromatic N) is 1. The van der Waals surface area contributed by atoms with Crippen LogP contribution in [-0.2, 0) is 9.53 Å². The van der Waals surface area contributed by atoms with E-state index in [4.69, 9.17) is 10.5 Å². The zero-order valence-corrected chi connectivity index (χ0v) is 13.6. The Labute approximate surface area is 128 Å². The molecule has 2 N–H and O–H groups in total. The molecule has 0 saturated heterocycles. The van der Waals surface area contributed by atoms with Crippen molar-refractivity contribution in [1.82, 2.24) is 4.90 Å². The zero-order valence-electron chi connectivity index (χ0n) is 13.6. The lowest BCUT2D eigenvalue weighted by molar-refractivity contribution is -0.166. The van der Waals surface area contributed by atoms with Crippen molar-refractivity contribution in [2.75, 3.05) is 33.4 Å². The molecule has 21 heavy (non-hydrogen) atoms. The minimum absolute atomic E-state index is 0.0816. The molecule has 4 aliphatic carbocycles. The van der Waals surface area contributed by atoms with Crippen molar-refractivity contribution in [2.45, 2.75) is 45.4 Å². The van der Waals surface area contributed by atoms with Crippen molar-refractivity contribution in [3.05, 3.63) is 0 Å². The van der Waals surface area contributed by atoms with Crippen LogP contribution in [0.25, 0.3) is 0 Å². The second-order valence-electron chi connectivity index (χ2n) is 8.13. The van der Waals surface area contributed by atoms with Gasteiger partial charge in [0.05, 0.1) is 12.0 Å². The molecule has 0 radical (unpaired) electrons. The average molecular weight is 294 g/mol. The summed E-state index contributed by atoms with van der Waals surface area (Å²) in [6.45, 7) is 4.90. The molecule has 0 aromatic rings. The topological polar surface area (TPSA) is 55.6 Å². The first kappa shape index (κ1) is 15.3. The molecule has 4 bridgehead atoms. The lowest BCUT2D eigenvalue weighted by Crippen LogP contribution is -2.58. The molecule has 4 saturated carbocycles. The second-order valence-corrected chi connectivity index (χ2v) is 8.13. The van der Waals surface area contributed by atoms with E-state index in [9.17, 15) is 4.79 Å². The fourth-order valence-corrected chi connectivity index (χ4v) is 5.98. The Balaban J connectivity index is 1.79. The van der Waals surface area contributed by atoms with E-state index in [0.29, 0.717) is 37.6 Å². The van der Waals surface area contributed by atoms with Crippen molar-refractivity contribution in [2.24, 2.45) is 28.4 Å². The lowest BCUT2D eigenvalue weighted by atomic mass is 9.44. The summed E-state index contributed by atoms with van der Waals surface area (Å²) in [5.74, 6) is 1.93. The summed E-state index contributed by atoms with van der Waals surface area (Å²) in [4.78, 5) is 15.2. The summed E-state index contributed by atoms with van der Waals surface area (Å²) >= 11 is 0. The van der Waals surface area contributed by atoms with Crippen LogP contribution in [0.3, 0.4) is 0 Å². The van der Waals surface area contributed by atoms with Gasteiger partial charge in [0.15, 0.2) is 0 Å². The normalized spacial score (nSPS) is 40.5. The number of carbonyl (C=O) groups excluding carboxylic acids is 1. The molecule has 4 heteroatoms. The average Bonchev–Trinajstić information content (AvgIpc) is 2.40. The third-order valence-corrected chi connectivity index (χ3v) is 6.06. The molecule has 0 aliphatic heterocycles. The molecular weight excluding hydrogens is 264 g/mol. The third-order valence-electron chi connectivity index (χ3n) is 6.06. The smallest absolute Gasteiger partial charge is 0.228 e. The van der Waals surface area contributed by atoms with Crippen LogP contribution in [0.2, 0.25) is 0 Å². The number of carbonyl (C=O) groups is 1. The van der Waals surface area contributed by atoms with Crippen LogP contribution < -0.4 is 5.73 Å². The number of hydrogen-bond donors (Lipinski definition) is 1. The largest absolute Gasteiger partial charge is 0.383 e. The number of ether oxygens (including phenoxy) is 1. The molecule has 0 heterocycles. The summed E-state index contributed by atoms with van der Waals surface area (Å²) in [7, 11) is 1.69. The van der Waals surface area contributed by atoms with Crippen molar-refractivity contribution in [1.29, 1.82) is 0 Å². The SMILES string of the molecule is COCCN(CCN)C(=O)C12CC3CC(CC(C)(C3)C1)C2. The lowest BCUT2D eigenvalue weighted by Gasteiger charge is -2.61. The fourth-order valence-electron chi connectivity index (χ4n) is 5.98. The Kier molecular flexibility index (Phi) is 4.04. The summed E-state index contributed by atoms with van der Waals surface area (Å²) in [5, 5.41) is 0. The number of hydrogen-bond acceptors (Lipinski definition) is 3. The van der Waals surface area contributed by atoms with Gasteiger partial charge >= 0.3 is 0 Å². The molecule has 2 atom stereocenters. The Morgan fingerprint density at radius 3 is 2.43 bits per heavy atom. The van der Waals surface area contributed by atoms with Gasteiger partial charge in [0.1, 0.15) is 0 Å². The Morgan fingerprint density at radius 2 is 1.90 bits per heavy atom. The molecular formula is C17H30N2O2. The molecule has 4 fully saturated rings. The van der Waals surface area contributed by atoms with Gasteiger partial charge in [0.2, 0.25) is 5.91 Å². The van der Waals surface area contributed by atoms with Crippen LogP contribution in [0.5, 0.6) is 0 Å². The molecule has 0 aromatic carbocycles. The molecule has 4 nitrogen and oxygen atoms in total. The van der Waals surface area contributed by atoms with E-state index < -0.39 is 0 Å². The van der Waals surface area contributed by atoms with Crippen molar-refractivity contribution in [3.8, 4) is 0 Å². The maximum absolute atomic E-state index is 13.2. The predicted octanol–water partition coefficient (Wildman–Crippen LogP) is 2.03. The zero-order chi connectivity index (χ0) is 15.1. The minimum Gasteiger partial charge on any atom is -0.383 e. The van der Waals surface area contributed by atoms with E-state index in [-0.39, 0.29) is 5.41 Å². The van der Waals surface area contributed by atoms with Gasteiger partial charge in [-0.3, -0.25) is 4.79 Å². The standard InChI is InChI=1S/C17H30N2O2/c1-16-8-13-7-14(9-16)11-17(10-13,12-16)15(20)19(4-3-18)5-6-21-2/h13-14H,3-12,18H2,1-2H3. The summed E-state index contributed by atoms with van der Waals surface area (Å²) in [6, 6.07) is 0. The number of nitrogens with two attached hydrogens (primary N) is 1. The second kappa shape index (κ2) is 5.54. The first-order chi connectivity index (χ1) is 10.0. The van der Waals surface area contributed by atoms with E-state index in [1.165, 1.54) is 19.3 Å². The van der Waals surface area contributed by atoms with Gasteiger partial charge < -0.3 is 15.4 Å². The highest BCUT2D eigenvalue weighted by molar-refractivity contribution is 5.83. The molecule has 1 amide bonds. The number of amides is 1. The van der Waals surface area contributed by atoms with E-state index in [1.54, 1.807) is 7.11 Å². The van der Waals surface area contributed by atoms with Crippen LogP contribution in [-0.4, -0.2) is 44.2 Å². The molecule has 4 aliphatic rings. The minimum atomic E-state index is -0.0816. The molecule has 4 rings (SSSR count). The van der Waals surface area contributed by atoms with Crippen LogP contribution in [0.15, 0.2) is 0 Å². The van der Waals surface area contributed by atoms with Gasteiger partial charge in [0.25, 0.3) is 0 Å². The highest BCUT2D eigenvalue weighted by atomic mass is 16.5. The monoisotopic (exact) mass is 294 g/mol. The Bertz CT molecular complexity index is 396. The van der Waals surface area contributed by atoms with Crippen LogP contribution in [0.4, 0.5) is 0 Å². The first-order valence-electron chi connectivity index (χ1n) is 8.49. The third kappa shape index (κ3) is 2.72. The first-order valence-corrected chi connectivity index (χ1v) is 8.49. The van der Waals surface area contributed by atoms with Gasteiger partial charge in [-0.2, -0.15) is 0 Å². The Hall–Kier alpha value is -0.610. The van der Waals surface area contributed by atoms with Gasteiger partial charge in [-0.15, -0.1) is 0 Å². The van der Waals surface area contributed by atoms with E-state index in [2.05, 4.69) is 6.92 Å².